The van der Waals surface area contributed by atoms with E-state index < -0.39 is 10.0 Å². The quantitative estimate of drug-likeness (QED) is 0.618. The molecule has 9 heteroatoms. The van der Waals surface area contributed by atoms with Crippen LogP contribution in [0.25, 0.3) is 11.1 Å². The van der Waals surface area contributed by atoms with Gasteiger partial charge in [0.1, 0.15) is 5.52 Å². The van der Waals surface area contributed by atoms with E-state index in [-0.39, 0.29) is 16.6 Å². The number of carbonyl (C=O) groups excluding carboxylic acids is 1. The third kappa shape index (κ3) is 4.36. The first-order chi connectivity index (χ1) is 13.9. The van der Waals surface area contributed by atoms with Crippen molar-refractivity contribution < 1.29 is 17.6 Å². The highest BCUT2D eigenvalue weighted by atomic mass is 32.2. The molecule has 1 amide bonds. The largest absolute Gasteiger partial charge is 0.431 e. The van der Waals surface area contributed by atoms with Gasteiger partial charge in [-0.25, -0.2) is 17.7 Å². The monoisotopic (exact) mass is 435 g/mol. The summed E-state index contributed by atoms with van der Waals surface area (Å²) in [5.41, 5.74) is 2.14. The summed E-state index contributed by atoms with van der Waals surface area (Å²) in [6.45, 7) is 0. The number of hydrogen-bond acceptors (Lipinski definition) is 6. The minimum atomic E-state index is -3.53. The van der Waals surface area contributed by atoms with Gasteiger partial charge in [0.15, 0.2) is 5.58 Å². The molecule has 156 valence electrons. The number of allylic oxidation sites excluding steroid dienone is 2. The Labute approximate surface area is 175 Å². The van der Waals surface area contributed by atoms with Gasteiger partial charge in [0.2, 0.25) is 15.9 Å². The number of oxazole rings is 1. The smallest absolute Gasteiger partial charge is 0.257 e. The normalized spacial score (nSPS) is 17.6. The molecule has 0 atom stereocenters. The molecule has 0 bridgehead atoms. The predicted molar refractivity (Wildman–Crippen MR) is 112 cm³/mol. The molecule has 0 radical (unpaired) electrons. The van der Waals surface area contributed by atoms with Crippen LogP contribution >= 0.6 is 11.8 Å². The first kappa shape index (κ1) is 20.4. The van der Waals surface area contributed by atoms with Crippen molar-refractivity contribution in [2.24, 2.45) is 0 Å². The van der Waals surface area contributed by atoms with Crippen LogP contribution in [0.3, 0.4) is 0 Å². The van der Waals surface area contributed by atoms with Crippen molar-refractivity contribution in [1.29, 1.82) is 0 Å². The lowest BCUT2D eigenvalue weighted by atomic mass is 10.0. The number of carbonyl (C=O) groups is 1. The van der Waals surface area contributed by atoms with Gasteiger partial charge in [-0.1, -0.05) is 17.8 Å². The van der Waals surface area contributed by atoms with Gasteiger partial charge in [-0.3, -0.25) is 4.79 Å². The van der Waals surface area contributed by atoms with E-state index in [0.29, 0.717) is 22.4 Å². The fourth-order valence-electron chi connectivity index (χ4n) is 3.48. The van der Waals surface area contributed by atoms with Crippen molar-refractivity contribution in [3.05, 3.63) is 30.0 Å². The molecule has 0 aliphatic heterocycles. The number of aromatic nitrogens is 1. The van der Waals surface area contributed by atoms with Crippen LogP contribution in [0.2, 0.25) is 0 Å². The fourth-order valence-corrected chi connectivity index (χ4v) is 5.10. The summed E-state index contributed by atoms with van der Waals surface area (Å²) in [5.74, 6) is 0.340. The molecule has 4 rings (SSSR count). The van der Waals surface area contributed by atoms with Crippen molar-refractivity contribution in [2.75, 3.05) is 19.8 Å². The second kappa shape index (κ2) is 8.12. The maximum Gasteiger partial charge on any atom is 0.257 e. The summed E-state index contributed by atoms with van der Waals surface area (Å²) < 4.78 is 31.5. The lowest BCUT2D eigenvalue weighted by molar-refractivity contribution is -0.127. The summed E-state index contributed by atoms with van der Waals surface area (Å²) in [4.78, 5) is 19.4. The van der Waals surface area contributed by atoms with Crippen molar-refractivity contribution in [2.45, 2.75) is 54.7 Å². The third-order valence-electron chi connectivity index (χ3n) is 5.19. The second-order valence-electron chi connectivity index (χ2n) is 7.62. The van der Waals surface area contributed by atoms with E-state index >= 15 is 0 Å². The molecular weight excluding hydrogens is 410 g/mol. The summed E-state index contributed by atoms with van der Waals surface area (Å²) in [5, 5.41) is 0.376. The number of nitrogens with zero attached hydrogens (tertiary/aromatic N) is 3. The lowest BCUT2D eigenvalue weighted by Crippen LogP contribution is -2.34. The van der Waals surface area contributed by atoms with Crippen molar-refractivity contribution in [3.63, 3.8) is 0 Å². The van der Waals surface area contributed by atoms with E-state index in [0.717, 1.165) is 36.4 Å². The highest BCUT2D eigenvalue weighted by molar-refractivity contribution is 7.99. The number of rotatable bonds is 7. The minimum absolute atomic E-state index is 0.0868. The van der Waals surface area contributed by atoms with Crippen LogP contribution in [0.4, 0.5) is 0 Å². The van der Waals surface area contributed by atoms with Gasteiger partial charge in [0.05, 0.1) is 10.6 Å². The summed E-state index contributed by atoms with van der Waals surface area (Å²) in [6, 6.07) is 4.96. The van der Waals surface area contributed by atoms with Crippen molar-refractivity contribution in [1.82, 2.24) is 14.2 Å². The highest BCUT2D eigenvalue weighted by Crippen LogP contribution is 2.35. The maximum absolute atomic E-state index is 12.9. The number of sulfonamides is 1. The van der Waals surface area contributed by atoms with Gasteiger partial charge >= 0.3 is 0 Å². The Hall–Kier alpha value is -1.84. The molecular formula is C20H25N3O4S2. The average Bonchev–Trinajstić information content (AvgIpc) is 3.44. The molecule has 1 heterocycles. The Morgan fingerprint density at radius 1 is 1.28 bits per heavy atom. The zero-order valence-corrected chi connectivity index (χ0v) is 18.3. The molecule has 2 aliphatic carbocycles. The highest BCUT2D eigenvalue weighted by Gasteiger charge is 2.35. The van der Waals surface area contributed by atoms with Crippen LogP contribution in [0, 0.1) is 0 Å². The molecule has 7 nitrogen and oxygen atoms in total. The molecule has 1 fully saturated rings. The van der Waals surface area contributed by atoms with Crippen molar-refractivity contribution in [3.8, 4) is 0 Å². The summed E-state index contributed by atoms with van der Waals surface area (Å²) >= 11 is 1.26. The van der Waals surface area contributed by atoms with Gasteiger partial charge in [-0.15, -0.1) is 0 Å². The number of benzene rings is 1. The Balaban J connectivity index is 1.48. The fraction of sp³-hybridized carbons (Fsp3) is 0.500. The topological polar surface area (TPSA) is 83.7 Å². The number of thioether (sulfide) groups is 1. The van der Waals surface area contributed by atoms with E-state index in [9.17, 15) is 13.2 Å². The van der Waals surface area contributed by atoms with Crippen LogP contribution < -0.4 is 0 Å². The van der Waals surface area contributed by atoms with E-state index in [4.69, 9.17) is 4.42 Å². The standard InChI is InChI=1S/C20H25N3O4S2/c1-22(2)29(25,26)16-10-11-18-17(12-16)21-20(27-18)28-13-19(24)23(15-8-9-15)14-6-4-3-5-7-14/h6,10-12,15H,3-5,7-9,13H2,1-2H3. The van der Waals surface area contributed by atoms with Crippen LogP contribution in [-0.2, 0) is 14.8 Å². The second-order valence-corrected chi connectivity index (χ2v) is 10.7. The molecule has 2 aromatic rings. The molecule has 0 N–H and O–H groups in total. The Bertz CT molecular complexity index is 1050. The first-order valence-corrected chi connectivity index (χ1v) is 12.3. The molecule has 0 unspecified atom stereocenters. The molecule has 1 aromatic carbocycles. The Kier molecular flexibility index (Phi) is 5.72. The minimum Gasteiger partial charge on any atom is -0.431 e. The molecule has 1 saturated carbocycles. The first-order valence-electron chi connectivity index (χ1n) is 9.83. The van der Waals surface area contributed by atoms with Crippen LogP contribution in [-0.4, -0.2) is 54.4 Å². The molecule has 0 spiro atoms. The van der Waals surface area contributed by atoms with E-state index in [1.165, 1.54) is 50.1 Å². The lowest BCUT2D eigenvalue weighted by Gasteiger charge is -2.27. The van der Waals surface area contributed by atoms with Crippen LogP contribution in [0.15, 0.2) is 44.5 Å². The zero-order valence-electron chi connectivity index (χ0n) is 16.6. The summed E-state index contributed by atoms with van der Waals surface area (Å²) in [7, 11) is -0.556. The SMILES string of the molecule is CN(C)S(=O)(=O)c1ccc2oc(SCC(=O)N(C3=CCCCC3)C3CC3)nc2c1. The van der Waals surface area contributed by atoms with Crippen LogP contribution in [0.1, 0.15) is 38.5 Å². The number of amides is 1. The molecule has 0 saturated heterocycles. The average molecular weight is 436 g/mol. The van der Waals surface area contributed by atoms with Crippen LogP contribution in [0.5, 0.6) is 0 Å². The molecule has 1 aromatic heterocycles. The van der Waals surface area contributed by atoms with Gasteiger partial charge in [-0.2, -0.15) is 0 Å². The van der Waals surface area contributed by atoms with E-state index in [1.807, 2.05) is 4.90 Å². The van der Waals surface area contributed by atoms with E-state index in [2.05, 4.69) is 11.1 Å². The van der Waals surface area contributed by atoms with Gasteiger partial charge in [-0.05, 0) is 56.7 Å². The number of hydrogen-bond donors (Lipinski definition) is 0. The van der Waals surface area contributed by atoms with Gasteiger partial charge in [0, 0.05) is 25.8 Å². The third-order valence-corrected chi connectivity index (χ3v) is 7.82. The molecule has 29 heavy (non-hydrogen) atoms. The van der Waals surface area contributed by atoms with Gasteiger partial charge < -0.3 is 9.32 Å². The number of fused-ring (bicyclic) bond motifs is 1. The van der Waals surface area contributed by atoms with Gasteiger partial charge in [0.25, 0.3) is 5.22 Å². The maximum atomic E-state index is 12.9. The Morgan fingerprint density at radius 2 is 2.07 bits per heavy atom. The zero-order chi connectivity index (χ0) is 20.6. The predicted octanol–water partition coefficient (Wildman–Crippen LogP) is 3.62. The molecule has 2 aliphatic rings. The van der Waals surface area contributed by atoms with Crippen molar-refractivity contribution >= 4 is 38.8 Å². The summed E-state index contributed by atoms with van der Waals surface area (Å²) in [6.07, 6.45) is 8.69. The Morgan fingerprint density at radius 3 is 2.72 bits per heavy atom. The van der Waals surface area contributed by atoms with E-state index in [1.54, 1.807) is 6.07 Å².